The maximum atomic E-state index is 6.00. The summed E-state index contributed by atoms with van der Waals surface area (Å²) in [5, 5.41) is 4.23. The highest BCUT2D eigenvalue weighted by Crippen LogP contribution is 2.25. The molecule has 0 fully saturated rings. The van der Waals surface area contributed by atoms with Crippen molar-refractivity contribution in [1.82, 2.24) is 5.32 Å². The maximum absolute atomic E-state index is 6.00. The second-order valence-electron chi connectivity index (χ2n) is 5.13. The highest BCUT2D eigenvalue weighted by atomic mass is 35.5. The highest BCUT2D eigenvalue weighted by Gasteiger charge is 2.10. The Morgan fingerprint density at radius 1 is 1.14 bits per heavy atom. The molecule has 2 rings (SSSR count). The van der Waals surface area contributed by atoms with E-state index < -0.39 is 0 Å². The lowest BCUT2D eigenvalue weighted by Crippen LogP contribution is -2.19. The number of para-hydroxylation sites is 1. The van der Waals surface area contributed by atoms with E-state index in [2.05, 4.69) is 25.2 Å². The van der Waals surface area contributed by atoms with Crippen molar-refractivity contribution in [3.05, 3.63) is 64.7 Å². The summed E-state index contributed by atoms with van der Waals surface area (Å²) in [5.41, 5.74) is 2.26. The average molecular weight is 304 g/mol. The molecule has 0 radical (unpaired) electrons. The van der Waals surface area contributed by atoms with Gasteiger partial charge in [0.2, 0.25) is 0 Å². The number of rotatable bonds is 7. The fraction of sp³-hybridized carbons (Fsp3) is 0.333. The second kappa shape index (κ2) is 8.06. The van der Waals surface area contributed by atoms with E-state index in [1.54, 1.807) is 0 Å². The van der Waals surface area contributed by atoms with Gasteiger partial charge in [-0.25, -0.2) is 0 Å². The van der Waals surface area contributed by atoms with E-state index in [1.807, 2.05) is 42.5 Å². The summed E-state index contributed by atoms with van der Waals surface area (Å²) in [6.45, 7) is 5.86. The SMILES string of the molecule is CCCNC(C)c1ccccc1OCc1cccc(Cl)c1. The summed E-state index contributed by atoms with van der Waals surface area (Å²) >= 11 is 6.00. The molecule has 21 heavy (non-hydrogen) atoms. The monoisotopic (exact) mass is 303 g/mol. The summed E-state index contributed by atoms with van der Waals surface area (Å²) in [4.78, 5) is 0. The summed E-state index contributed by atoms with van der Waals surface area (Å²) < 4.78 is 5.98. The van der Waals surface area contributed by atoms with Gasteiger partial charge in [-0.05, 0) is 43.7 Å². The molecule has 0 aliphatic rings. The Hall–Kier alpha value is -1.51. The van der Waals surface area contributed by atoms with Crippen LogP contribution >= 0.6 is 11.6 Å². The molecule has 1 atom stereocenters. The van der Waals surface area contributed by atoms with Crippen molar-refractivity contribution in [1.29, 1.82) is 0 Å². The van der Waals surface area contributed by atoms with Crippen molar-refractivity contribution < 1.29 is 4.74 Å². The molecule has 0 heterocycles. The van der Waals surface area contributed by atoms with Gasteiger partial charge in [0.05, 0.1) is 0 Å². The van der Waals surface area contributed by atoms with Crippen molar-refractivity contribution in [3.63, 3.8) is 0 Å². The molecular formula is C18H22ClNO. The first-order valence-electron chi connectivity index (χ1n) is 7.40. The van der Waals surface area contributed by atoms with Gasteiger partial charge in [0, 0.05) is 16.6 Å². The first-order chi connectivity index (χ1) is 10.2. The smallest absolute Gasteiger partial charge is 0.124 e. The van der Waals surface area contributed by atoms with Crippen LogP contribution in [0, 0.1) is 0 Å². The Labute approximate surface area is 132 Å². The zero-order valence-corrected chi connectivity index (χ0v) is 13.4. The predicted octanol–water partition coefficient (Wildman–Crippen LogP) is 4.98. The summed E-state index contributed by atoms with van der Waals surface area (Å²) in [5.74, 6) is 0.925. The molecule has 2 aromatic rings. The first-order valence-corrected chi connectivity index (χ1v) is 7.78. The van der Waals surface area contributed by atoms with Crippen LogP contribution in [0.2, 0.25) is 5.02 Å². The van der Waals surface area contributed by atoms with Crippen molar-refractivity contribution in [2.45, 2.75) is 32.9 Å². The predicted molar refractivity (Wildman–Crippen MR) is 88.9 cm³/mol. The topological polar surface area (TPSA) is 21.3 Å². The van der Waals surface area contributed by atoms with Gasteiger partial charge < -0.3 is 10.1 Å². The molecule has 0 bridgehead atoms. The lowest BCUT2D eigenvalue weighted by Gasteiger charge is -2.18. The molecule has 112 valence electrons. The summed E-state index contributed by atoms with van der Waals surface area (Å²) in [6.07, 6.45) is 1.12. The van der Waals surface area contributed by atoms with Gasteiger partial charge in [0.1, 0.15) is 12.4 Å². The minimum Gasteiger partial charge on any atom is -0.489 e. The van der Waals surface area contributed by atoms with Gasteiger partial charge >= 0.3 is 0 Å². The van der Waals surface area contributed by atoms with Crippen LogP contribution in [0.4, 0.5) is 0 Å². The number of ether oxygens (including phenoxy) is 1. The van der Waals surface area contributed by atoms with E-state index in [0.29, 0.717) is 6.61 Å². The zero-order valence-electron chi connectivity index (χ0n) is 12.6. The standard InChI is InChI=1S/C18H22ClNO/c1-3-11-20-14(2)17-9-4-5-10-18(17)21-13-15-7-6-8-16(19)12-15/h4-10,12,14,20H,3,11,13H2,1-2H3. The quantitative estimate of drug-likeness (QED) is 0.779. The lowest BCUT2D eigenvalue weighted by atomic mass is 10.1. The van der Waals surface area contributed by atoms with Gasteiger partial charge in [-0.15, -0.1) is 0 Å². The van der Waals surface area contributed by atoms with E-state index in [4.69, 9.17) is 16.3 Å². The van der Waals surface area contributed by atoms with Crippen LogP contribution in [-0.4, -0.2) is 6.54 Å². The van der Waals surface area contributed by atoms with Gasteiger partial charge in [0.25, 0.3) is 0 Å². The van der Waals surface area contributed by atoms with Gasteiger partial charge in [-0.2, -0.15) is 0 Å². The minimum absolute atomic E-state index is 0.278. The van der Waals surface area contributed by atoms with E-state index in [-0.39, 0.29) is 6.04 Å². The minimum atomic E-state index is 0.278. The van der Waals surface area contributed by atoms with Gasteiger partial charge in [-0.1, -0.05) is 48.9 Å². The Morgan fingerprint density at radius 3 is 2.71 bits per heavy atom. The molecule has 0 aliphatic carbocycles. The summed E-state index contributed by atoms with van der Waals surface area (Å²) in [7, 11) is 0. The Morgan fingerprint density at radius 2 is 1.95 bits per heavy atom. The second-order valence-corrected chi connectivity index (χ2v) is 5.57. The molecule has 3 heteroatoms. The number of benzene rings is 2. The molecule has 0 amide bonds. The third-order valence-electron chi connectivity index (χ3n) is 3.37. The van der Waals surface area contributed by atoms with Crippen LogP contribution in [0.3, 0.4) is 0 Å². The number of halogens is 1. The fourth-order valence-corrected chi connectivity index (χ4v) is 2.44. The Balaban J connectivity index is 2.06. The van der Waals surface area contributed by atoms with Gasteiger partial charge in [0.15, 0.2) is 0 Å². The van der Waals surface area contributed by atoms with Crippen molar-refractivity contribution in [2.75, 3.05) is 6.54 Å². The van der Waals surface area contributed by atoms with Crippen molar-refractivity contribution in [2.24, 2.45) is 0 Å². The fourth-order valence-electron chi connectivity index (χ4n) is 2.23. The van der Waals surface area contributed by atoms with Crippen molar-refractivity contribution in [3.8, 4) is 5.75 Å². The highest BCUT2D eigenvalue weighted by molar-refractivity contribution is 6.30. The van der Waals surface area contributed by atoms with Gasteiger partial charge in [-0.3, -0.25) is 0 Å². The molecule has 1 unspecified atom stereocenters. The molecule has 0 aromatic heterocycles. The Bertz CT molecular complexity index is 571. The van der Waals surface area contributed by atoms with Crippen LogP contribution in [0.1, 0.15) is 37.4 Å². The number of nitrogens with one attached hydrogen (secondary N) is 1. The number of hydrogen-bond donors (Lipinski definition) is 1. The molecule has 0 spiro atoms. The maximum Gasteiger partial charge on any atom is 0.124 e. The van der Waals surface area contributed by atoms with Crippen LogP contribution in [0.5, 0.6) is 5.75 Å². The van der Waals surface area contributed by atoms with Crippen LogP contribution < -0.4 is 10.1 Å². The molecular weight excluding hydrogens is 282 g/mol. The average Bonchev–Trinajstić information content (AvgIpc) is 2.51. The molecule has 1 N–H and O–H groups in total. The van der Waals surface area contributed by atoms with Crippen LogP contribution in [-0.2, 0) is 6.61 Å². The Kier molecular flexibility index (Phi) is 6.09. The molecule has 0 saturated heterocycles. The molecule has 0 aliphatic heterocycles. The molecule has 2 aromatic carbocycles. The number of hydrogen-bond acceptors (Lipinski definition) is 2. The summed E-state index contributed by atoms with van der Waals surface area (Å²) in [6, 6.07) is 16.2. The normalized spacial score (nSPS) is 12.1. The van der Waals surface area contributed by atoms with Crippen LogP contribution in [0.15, 0.2) is 48.5 Å². The lowest BCUT2D eigenvalue weighted by molar-refractivity contribution is 0.299. The van der Waals surface area contributed by atoms with E-state index in [9.17, 15) is 0 Å². The van der Waals surface area contributed by atoms with Crippen LogP contribution in [0.25, 0.3) is 0 Å². The molecule has 0 saturated carbocycles. The third-order valence-corrected chi connectivity index (χ3v) is 3.60. The van der Waals surface area contributed by atoms with Crippen molar-refractivity contribution >= 4 is 11.6 Å². The van der Waals surface area contributed by atoms with E-state index >= 15 is 0 Å². The first kappa shape index (κ1) is 15.9. The third kappa shape index (κ3) is 4.76. The largest absolute Gasteiger partial charge is 0.489 e. The zero-order chi connectivity index (χ0) is 15.1. The van der Waals surface area contributed by atoms with E-state index in [1.165, 1.54) is 5.56 Å². The molecule has 2 nitrogen and oxygen atoms in total. The van der Waals surface area contributed by atoms with E-state index in [0.717, 1.165) is 29.3 Å².